The summed E-state index contributed by atoms with van der Waals surface area (Å²) in [6.07, 6.45) is 2.95. The fourth-order valence-electron chi connectivity index (χ4n) is 3.41. The molecular weight excluding hydrogens is 354 g/mol. The Morgan fingerprint density at radius 2 is 1.93 bits per heavy atom. The predicted octanol–water partition coefficient (Wildman–Crippen LogP) is 2.61. The highest BCUT2D eigenvalue weighted by Crippen LogP contribution is 2.25. The zero-order valence-corrected chi connectivity index (χ0v) is 15.5. The molecule has 6 heteroatoms. The third kappa shape index (κ3) is 4.40. The zero-order valence-electron chi connectivity index (χ0n) is 15.5. The number of carbonyl (C=O) groups is 1. The minimum atomic E-state index is -0.232. The van der Waals surface area contributed by atoms with E-state index in [0.29, 0.717) is 19.7 Å². The largest absolute Gasteiger partial charge is 0.508 e. The lowest BCUT2D eigenvalue weighted by Gasteiger charge is -2.22. The molecule has 1 aliphatic rings. The molecule has 0 aliphatic carbocycles. The molecular formula is C22H23N3O3. The fourth-order valence-corrected chi connectivity index (χ4v) is 3.41. The highest BCUT2D eigenvalue weighted by Gasteiger charge is 2.25. The summed E-state index contributed by atoms with van der Waals surface area (Å²) in [7, 11) is 0. The average Bonchev–Trinajstić information content (AvgIpc) is 3.12. The molecule has 0 fully saturated rings. The molecule has 0 bridgehead atoms. The van der Waals surface area contributed by atoms with Crippen molar-refractivity contribution in [2.45, 2.75) is 25.5 Å². The van der Waals surface area contributed by atoms with Crippen molar-refractivity contribution in [2.24, 2.45) is 0 Å². The molecule has 1 aromatic heterocycles. The van der Waals surface area contributed by atoms with E-state index < -0.39 is 0 Å². The first-order valence-corrected chi connectivity index (χ1v) is 9.44. The molecule has 6 nitrogen and oxygen atoms in total. The van der Waals surface area contributed by atoms with Gasteiger partial charge in [0, 0.05) is 12.7 Å². The maximum atomic E-state index is 12.2. The molecule has 1 atom stereocenters. The van der Waals surface area contributed by atoms with E-state index in [-0.39, 0.29) is 24.2 Å². The van der Waals surface area contributed by atoms with Gasteiger partial charge >= 0.3 is 0 Å². The van der Waals surface area contributed by atoms with Gasteiger partial charge in [-0.2, -0.15) is 5.10 Å². The van der Waals surface area contributed by atoms with Crippen molar-refractivity contribution >= 4 is 5.91 Å². The van der Waals surface area contributed by atoms with E-state index in [1.807, 2.05) is 22.9 Å². The fraction of sp³-hybridized carbons (Fsp3) is 0.273. The van der Waals surface area contributed by atoms with E-state index in [0.717, 1.165) is 17.7 Å². The number of aromatic hydroxyl groups is 1. The van der Waals surface area contributed by atoms with E-state index >= 15 is 0 Å². The average molecular weight is 377 g/mol. The Labute approximate surface area is 163 Å². The van der Waals surface area contributed by atoms with Crippen LogP contribution in [0.4, 0.5) is 0 Å². The van der Waals surface area contributed by atoms with Crippen LogP contribution in [0.5, 0.6) is 5.75 Å². The molecule has 3 aromatic rings. The van der Waals surface area contributed by atoms with Crippen LogP contribution in [-0.4, -0.2) is 33.9 Å². The number of phenolic OH excluding ortho intramolecular Hbond substituents is 1. The molecule has 0 radical (unpaired) electrons. The van der Waals surface area contributed by atoms with Crippen LogP contribution in [0.15, 0.2) is 60.8 Å². The van der Waals surface area contributed by atoms with Crippen molar-refractivity contribution in [3.05, 3.63) is 83.2 Å². The SMILES string of the molecule is O=C(Cc1ccc(O)cc1)NC[C@@H]1OCCc2cn(Cc3ccccc3)nc21. The summed E-state index contributed by atoms with van der Waals surface area (Å²) in [6, 6.07) is 16.9. The Morgan fingerprint density at radius 1 is 1.14 bits per heavy atom. The third-order valence-electron chi connectivity index (χ3n) is 4.84. The van der Waals surface area contributed by atoms with E-state index in [9.17, 15) is 9.90 Å². The lowest BCUT2D eigenvalue weighted by molar-refractivity contribution is -0.121. The molecule has 2 aromatic carbocycles. The van der Waals surface area contributed by atoms with Crippen LogP contribution >= 0.6 is 0 Å². The van der Waals surface area contributed by atoms with Gasteiger partial charge in [0.25, 0.3) is 0 Å². The van der Waals surface area contributed by atoms with Crippen LogP contribution in [0.25, 0.3) is 0 Å². The van der Waals surface area contributed by atoms with Crippen LogP contribution in [0.2, 0.25) is 0 Å². The first-order chi connectivity index (χ1) is 13.7. The minimum absolute atomic E-state index is 0.0786. The van der Waals surface area contributed by atoms with Crippen LogP contribution in [0, 0.1) is 0 Å². The number of amides is 1. The highest BCUT2D eigenvalue weighted by atomic mass is 16.5. The molecule has 2 N–H and O–H groups in total. The quantitative estimate of drug-likeness (QED) is 0.692. The Kier molecular flexibility index (Phi) is 5.39. The summed E-state index contributed by atoms with van der Waals surface area (Å²) < 4.78 is 7.81. The Bertz CT molecular complexity index is 935. The van der Waals surface area contributed by atoms with E-state index in [2.05, 4.69) is 23.6 Å². The predicted molar refractivity (Wildman–Crippen MR) is 105 cm³/mol. The second-order valence-electron chi connectivity index (χ2n) is 6.98. The number of phenols is 1. The highest BCUT2D eigenvalue weighted by molar-refractivity contribution is 5.78. The number of nitrogens with zero attached hydrogens (tertiary/aromatic N) is 2. The number of ether oxygens (including phenoxy) is 1. The summed E-state index contributed by atoms with van der Waals surface area (Å²) in [4.78, 5) is 12.2. The molecule has 28 heavy (non-hydrogen) atoms. The number of hydrogen-bond acceptors (Lipinski definition) is 4. The number of carbonyl (C=O) groups excluding carboxylic acids is 1. The van der Waals surface area contributed by atoms with Crippen LogP contribution in [0.3, 0.4) is 0 Å². The van der Waals surface area contributed by atoms with Gasteiger partial charge in [0.1, 0.15) is 11.9 Å². The van der Waals surface area contributed by atoms with Gasteiger partial charge in [-0.05, 0) is 35.2 Å². The molecule has 1 amide bonds. The third-order valence-corrected chi connectivity index (χ3v) is 4.84. The van der Waals surface area contributed by atoms with Crippen molar-refractivity contribution in [3.8, 4) is 5.75 Å². The Morgan fingerprint density at radius 3 is 2.71 bits per heavy atom. The topological polar surface area (TPSA) is 76.4 Å². The van der Waals surface area contributed by atoms with E-state index in [1.165, 1.54) is 11.1 Å². The molecule has 0 unspecified atom stereocenters. The summed E-state index contributed by atoms with van der Waals surface area (Å²) in [5.41, 5.74) is 4.14. The summed E-state index contributed by atoms with van der Waals surface area (Å²) in [5, 5.41) is 17.0. The minimum Gasteiger partial charge on any atom is -0.508 e. The number of benzene rings is 2. The maximum absolute atomic E-state index is 12.2. The Hall–Kier alpha value is -3.12. The van der Waals surface area contributed by atoms with E-state index in [4.69, 9.17) is 9.84 Å². The van der Waals surface area contributed by atoms with Crippen LogP contribution in [0.1, 0.15) is 28.5 Å². The Balaban J connectivity index is 1.37. The van der Waals surface area contributed by atoms with Gasteiger partial charge in [0.05, 0.1) is 25.3 Å². The summed E-state index contributed by atoms with van der Waals surface area (Å²) in [5.74, 6) is 0.114. The standard InChI is InChI=1S/C22H23N3O3/c26-19-8-6-16(7-9-19)12-21(27)23-13-20-22-18(10-11-28-20)15-25(24-22)14-17-4-2-1-3-5-17/h1-9,15,20,26H,10-14H2,(H,23,27)/t20-/m0/s1. The van der Waals surface area contributed by atoms with Gasteiger partial charge < -0.3 is 15.2 Å². The van der Waals surface area contributed by atoms with Gasteiger partial charge in [0.2, 0.25) is 5.91 Å². The number of nitrogens with one attached hydrogen (secondary N) is 1. The smallest absolute Gasteiger partial charge is 0.224 e. The lowest BCUT2D eigenvalue weighted by Crippen LogP contribution is -2.32. The molecule has 1 aliphatic heterocycles. The van der Waals surface area contributed by atoms with E-state index in [1.54, 1.807) is 24.3 Å². The molecule has 0 spiro atoms. The lowest BCUT2D eigenvalue weighted by atomic mass is 10.1. The number of rotatable bonds is 6. The van der Waals surface area contributed by atoms with Gasteiger partial charge in [-0.1, -0.05) is 42.5 Å². The molecule has 4 rings (SSSR count). The number of hydrogen-bond donors (Lipinski definition) is 2. The summed E-state index contributed by atoms with van der Waals surface area (Å²) >= 11 is 0. The first kappa shape index (κ1) is 18.3. The van der Waals surface area contributed by atoms with Gasteiger partial charge in [-0.25, -0.2) is 0 Å². The maximum Gasteiger partial charge on any atom is 0.224 e. The second-order valence-corrected chi connectivity index (χ2v) is 6.98. The number of aromatic nitrogens is 2. The molecule has 144 valence electrons. The second kappa shape index (κ2) is 8.27. The monoisotopic (exact) mass is 377 g/mol. The normalized spacial score (nSPS) is 15.8. The van der Waals surface area contributed by atoms with Gasteiger partial charge in [0.15, 0.2) is 0 Å². The van der Waals surface area contributed by atoms with Crippen molar-refractivity contribution in [2.75, 3.05) is 13.2 Å². The van der Waals surface area contributed by atoms with Crippen molar-refractivity contribution in [1.29, 1.82) is 0 Å². The van der Waals surface area contributed by atoms with Crippen LogP contribution < -0.4 is 5.32 Å². The molecule has 0 saturated heterocycles. The molecule has 2 heterocycles. The zero-order chi connectivity index (χ0) is 19.3. The van der Waals surface area contributed by atoms with Crippen molar-refractivity contribution < 1.29 is 14.6 Å². The van der Waals surface area contributed by atoms with Crippen LogP contribution in [-0.2, 0) is 28.9 Å². The molecule has 0 saturated carbocycles. The van der Waals surface area contributed by atoms with Gasteiger partial charge in [-0.3, -0.25) is 9.48 Å². The van der Waals surface area contributed by atoms with Crippen molar-refractivity contribution in [1.82, 2.24) is 15.1 Å². The first-order valence-electron chi connectivity index (χ1n) is 9.44. The van der Waals surface area contributed by atoms with Crippen molar-refractivity contribution in [3.63, 3.8) is 0 Å². The summed E-state index contributed by atoms with van der Waals surface area (Å²) in [6.45, 7) is 1.74. The van der Waals surface area contributed by atoms with Gasteiger partial charge in [-0.15, -0.1) is 0 Å². The number of fused-ring (bicyclic) bond motifs is 1.